The molecule has 1 aliphatic rings. The Kier molecular flexibility index (Phi) is 7.29. The van der Waals surface area contributed by atoms with E-state index >= 15 is 0 Å². The molecule has 5 rings (SSSR count). The van der Waals surface area contributed by atoms with E-state index < -0.39 is 0 Å². The summed E-state index contributed by atoms with van der Waals surface area (Å²) < 4.78 is 12.7. The quantitative estimate of drug-likeness (QED) is 0.368. The Morgan fingerprint density at radius 2 is 1.76 bits per heavy atom. The first-order valence-corrected chi connectivity index (χ1v) is 12.3. The van der Waals surface area contributed by atoms with Crippen molar-refractivity contribution < 1.29 is 14.3 Å². The van der Waals surface area contributed by atoms with E-state index in [1.165, 1.54) is 0 Å². The van der Waals surface area contributed by atoms with Gasteiger partial charge in [0.25, 0.3) is 5.91 Å². The smallest absolute Gasteiger partial charge is 0.270 e. The van der Waals surface area contributed by atoms with E-state index in [2.05, 4.69) is 32.2 Å². The van der Waals surface area contributed by atoms with E-state index in [0.717, 1.165) is 42.8 Å². The summed E-state index contributed by atoms with van der Waals surface area (Å²) in [5.74, 6) is 1.22. The summed E-state index contributed by atoms with van der Waals surface area (Å²) in [5.41, 5.74) is 3.88. The van der Waals surface area contributed by atoms with Gasteiger partial charge in [-0.1, -0.05) is 0 Å². The van der Waals surface area contributed by atoms with Crippen LogP contribution in [0.1, 0.15) is 10.5 Å². The highest BCUT2D eigenvalue weighted by molar-refractivity contribution is 5.99. The second-order valence-electron chi connectivity index (χ2n) is 9.07. The number of fused-ring (bicyclic) bond motifs is 1. The number of rotatable bonds is 8. The Morgan fingerprint density at radius 3 is 2.57 bits per heavy atom. The summed E-state index contributed by atoms with van der Waals surface area (Å²) in [7, 11) is 5.66. The highest BCUT2D eigenvalue weighted by Crippen LogP contribution is 2.26. The average molecular weight is 502 g/mol. The number of aromatic nitrogens is 4. The molecule has 1 saturated heterocycles. The third kappa shape index (κ3) is 5.55. The number of carbonyl (C=O) groups is 1. The highest BCUT2D eigenvalue weighted by atomic mass is 16.5. The molecule has 1 amide bonds. The van der Waals surface area contributed by atoms with Crippen LogP contribution in [0.25, 0.3) is 22.3 Å². The van der Waals surface area contributed by atoms with Crippen LogP contribution in [0, 0.1) is 0 Å². The van der Waals surface area contributed by atoms with Crippen molar-refractivity contribution in [1.29, 1.82) is 0 Å². The molecule has 0 spiro atoms. The van der Waals surface area contributed by atoms with Crippen molar-refractivity contribution in [3.8, 4) is 17.1 Å². The normalized spacial score (nSPS) is 14.2. The standard InChI is InChI=1S/C27H31N7O3/c1-32-10-12-34(13-11-32)26(35)25-17-19-16-20(4-5-24(19)33(25)2)30-27-29-9-7-22(31-27)23-18-21(6-8-28-23)37-15-14-36-3/h4-9,16-18H,10-15H2,1-3H3,(H,29,30,31). The minimum atomic E-state index is 0.0678. The maximum absolute atomic E-state index is 13.2. The van der Waals surface area contributed by atoms with E-state index in [4.69, 9.17) is 9.47 Å². The number of aryl methyl sites for hydroxylation is 1. The average Bonchev–Trinajstić information content (AvgIpc) is 3.25. The van der Waals surface area contributed by atoms with Gasteiger partial charge in [-0.15, -0.1) is 0 Å². The van der Waals surface area contributed by atoms with E-state index in [1.54, 1.807) is 25.6 Å². The number of amides is 1. The molecule has 192 valence electrons. The van der Waals surface area contributed by atoms with Gasteiger partial charge in [-0.05, 0) is 43.4 Å². The lowest BCUT2D eigenvalue weighted by Crippen LogP contribution is -2.47. The Morgan fingerprint density at radius 1 is 0.946 bits per heavy atom. The molecule has 0 bridgehead atoms. The second-order valence-corrected chi connectivity index (χ2v) is 9.07. The minimum absolute atomic E-state index is 0.0678. The molecule has 1 aromatic carbocycles. The number of carbonyl (C=O) groups excluding carboxylic acids is 1. The van der Waals surface area contributed by atoms with Gasteiger partial charge in [-0.2, -0.15) is 0 Å². The first-order valence-electron chi connectivity index (χ1n) is 12.3. The van der Waals surface area contributed by atoms with Gasteiger partial charge >= 0.3 is 0 Å². The van der Waals surface area contributed by atoms with Crippen LogP contribution in [-0.4, -0.2) is 88.8 Å². The van der Waals surface area contributed by atoms with Crippen LogP contribution in [0.15, 0.2) is 54.9 Å². The molecule has 10 heteroatoms. The number of hydrogen-bond acceptors (Lipinski definition) is 8. The van der Waals surface area contributed by atoms with Gasteiger partial charge in [0.05, 0.1) is 18.0 Å². The highest BCUT2D eigenvalue weighted by Gasteiger charge is 2.23. The number of nitrogens with zero attached hydrogens (tertiary/aromatic N) is 6. The third-order valence-corrected chi connectivity index (χ3v) is 6.51. The number of ether oxygens (including phenoxy) is 2. The van der Waals surface area contributed by atoms with Gasteiger partial charge in [0.2, 0.25) is 5.95 Å². The summed E-state index contributed by atoms with van der Waals surface area (Å²) in [6.07, 6.45) is 3.38. The van der Waals surface area contributed by atoms with Crippen molar-refractivity contribution >= 4 is 28.4 Å². The fraction of sp³-hybridized carbons (Fsp3) is 0.333. The molecule has 0 aliphatic carbocycles. The van der Waals surface area contributed by atoms with E-state index in [1.807, 2.05) is 52.9 Å². The molecular formula is C27H31N7O3. The lowest BCUT2D eigenvalue weighted by molar-refractivity contribution is 0.0655. The van der Waals surface area contributed by atoms with Crippen LogP contribution >= 0.6 is 0 Å². The summed E-state index contributed by atoms with van der Waals surface area (Å²) in [6.45, 7) is 4.24. The van der Waals surface area contributed by atoms with Crippen LogP contribution in [0.5, 0.6) is 5.75 Å². The van der Waals surface area contributed by atoms with Crippen molar-refractivity contribution in [1.82, 2.24) is 29.3 Å². The van der Waals surface area contributed by atoms with Gasteiger partial charge in [0, 0.05) is 75.4 Å². The molecule has 1 fully saturated rings. The zero-order valence-electron chi connectivity index (χ0n) is 21.3. The van der Waals surface area contributed by atoms with Gasteiger partial charge in [-0.3, -0.25) is 9.78 Å². The number of piperazine rings is 1. The fourth-order valence-corrected chi connectivity index (χ4v) is 4.38. The van der Waals surface area contributed by atoms with E-state index in [-0.39, 0.29) is 5.91 Å². The molecule has 10 nitrogen and oxygen atoms in total. The van der Waals surface area contributed by atoms with Crippen molar-refractivity contribution in [2.24, 2.45) is 7.05 Å². The summed E-state index contributed by atoms with van der Waals surface area (Å²) in [6, 6.07) is 13.4. The largest absolute Gasteiger partial charge is 0.491 e. The zero-order chi connectivity index (χ0) is 25.8. The molecular weight excluding hydrogens is 470 g/mol. The zero-order valence-corrected chi connectivity index (χ0v) is 21.3. The Hall–Kier alpha value is -4.02. The van der Waals surface area contributed by atoms with Crippen LogP contribution < -0.4 is 10.1 Å². The van der Waals surface area contributed by atoms with Crippen LogP contribution in [0.2, 0.25) is 0 Å². The fourth-order valence-electron chi connectivity index (χ4n) is 4.38. The Bertz CT molecular complexity index is 1400. The van der Waals surface area contributed by atoms with Crippen molar-refractivity contribution in [2.45, 2.75) is 0 Å². The monoisotopic (exact) mass is 501 g/mol. The van der Waals surface area contributed by atoms with Gasteiger partial charge in [0.15, 0.2) is 0 Å². The maximum atomic E-state index is 13.2. The Labute approximate surface area is 215 Å². The van der Waals surface area contributed by atoms with Crippen molar-refractivity contribution in [2.75, 3.05) is 58.9 Å². The molecule has 4 aromatic rings. The van der Waals surface area contributed by atoms with E-state index in [9.17, 15) is 4.79 Å². The number of anilines is 2. The van der Waals surface area contributed by atoms with Gasteiger partial charge < -0.3 is 29.2 Å². The SMILES string of the molecule is COCCOc1ccnc(-c2ccnc(Nc3ccc4c(c3)cc(C(=O)N3CCN(C)CC3)n4C)n2)c1. The predicted molar refractivity (Wildman–Crippen MR) is 142 cm³/mol. The molecule has 1 aliphatic heterocycles. The predicted octanol–water partition coefficient (Wildman–Crippen LogP) is 3.19. The number of methoxy groups -OCH3 is 1. The number of pyridine rings is 1. The lowest BCUT2D eigenvalue weighted by atomic mass is 10.2. The van der Waals surface area contributed by atoms with Gasteiger partial charge in [-0.25, -0.2) is 9.97 Å². The molecule has 0 saturated carbocycles. The number of benzene rings is 1. The molecule has 1 N–H and O–H groups in total. The Balaban J connectivity index is 1.33. The van der Waals surface area contributed by atoms with Crippen LogP contribution in [0.3, 0.4) is 0 Å². The number of hydrogen-bond donors (Lipinski definition) is 1. The number of nitrogens with one attached hydrogen (secondary N) is 1. The molecule has 3 aromatic heterocycles. The molecule has 0 radical (unpaired) electrons. The summed E-state index contributed by atoms with van der Waals surface area (Å²) in [4.78, 5) is 30.8. The molecule has 0 unspecified atom stereocenters. The summed E-state index contributed by atoms with van der Waals surface area (Å²) in [5, 5.41) is 4.26. The molecule has 0 atom stereocenters. The summed E-state index contributed by atoms with van der Waals surface area (Å²) >= 11 is 0. The lowest BCUT2D eigenvalue weighted by Gasteiger charge is -2.32. The topological polar surface area (TPSA) is 97.6 Å². The van der Waals surface area contributed by atoms with Crippen LogP contribution in [-0.2, 0) is 11.8 Å². The molecule has 37 heavy (non-hydrogen) atoms. The van der Waals surface area contributed by atoms with Crippen molar-refractivity contribution in [3.63, 3.8) is 0 Å². The first-order chi connectivity index (χ1) is 18.0. The minimum Gasteiger partial charge on any atom is -0.491 e. The van der Waals surface area contributed by atoms with Crippen LogP contribution in [0.4, 0.5) is 11.6 Å². The van der Waals surface area contributed by atoms with Crippen molar-refractivity contribution in [3.05, 3.63) is 60.6 Å². The molecule has 4 heterocycles. The number of likely N-dealkylation sites (N-methyl/N-ethyl adjacent to an activating group) is 1. The van der Waals surface area contributed by atoms with Gasteiger partial charge in [0.1, 0.15) is 18.1 Å². The first kappa shape index (κ1) is 24.7. The van der Waals surface area contributed by atoms with E-state index in [0.29, 0.717) is 42.0 Å². The second kappa shape index (κ2) is 10.9. The third-order valence-electron chi connectivity index (χ3n) is 6.51. The maximum Gasteiger partial charge on any atom is 0.270 e.